The number of furan rings is 1. The summed E-state index contributed by atoms with van der Waals surface area (Å²) in [6.45, 7) is 7.46. The third kappa shape index (κ3) is 3.33. The molecule has 1 amide bonds. The second-order valence-electron chi connectivity index (χ2n) is 6.51. The van der Waals surface area contributed by atoms with Gasteiger partial charge in [-0.05, 0) is 45.0 Å². The molecule has 2 aromatic rings. The molecule has 0 N–H and O–H groups in total. The lowest BCUT2D eigenvalue weighted by Gasteiger charge is -2.36. The number of anilines is 1. The quantitative estimate of drug-likeness (QED) is 0.795. The Morgan fingerprint density at radius 1 is 1.08 bits per heavy atom. The van der Waals surface area contributed by atoms with E-state index in [4.69, 9.17) is 9.68 Å². The highest BCUT2D eigenvalue weighted by Crippen LogP contribution is 2.25. The molecule has 0 unspecified atom stereocenters. The largest absolute Gasteiger partial charge is 0.466 e. The Hall–Kier alpha value is -3.07. The van der Waals surface area contributed by atoms with Crippen molar-refractivity contribution in [3.05, 3.63) is 52.5 Å². The first-order valence-electron chi connectivity index (χ1n) is 8.57. The van der Waals surface area contributed by atoms with Gasteiger partial charge in [0.15, 0.2) is 5.78 Å². The Morgan fingerprint density at radius 2 is 1.77 bits per heavy atom. The summed E-state index contributed by atoms with van der Waals surface area (Å²) in [4.78, 5) is 28.5. The number of ketones is 1. The van der Waals surface area contributed by atoms with Crippen molar-refractivity contribution < 1.29 is 14.0 Å². The van der Waals surface area contributed by atoms with Crippen LogP contribution < -0.4 is 4.90 Å². The number of carbonyl (C=O) groups excluding carboxylic acids is 2. The summed E-state index contributed by atoms with van der Waals surface area (Å²) in [7, 11) is 0. The van der Waals surface area contributed by atoms with E-state index in [9.17, 15) is 9.59 Å². The van der Waals surface area contributed by atoms with E-state index in [1.807, 2.05) is 6.92 Å². The molecule has 1 fully saturated rings. The molecule has 6 nitrogen and oxygen atoms in total. The number of piperazine rings is 1. The first-order chi connectivity index (χ1) is 12.4. The highest BCUT2D eigenvalue weighted by molar-refractivity contribution is 6.00. The van der Waals surface area contributed by atoms with Crippen LogP contribution in [-0.2, 0) is 0 Å². The smallest absolute Gasteiger partial charge is 0.257 e. The molecule has 0 spiro atoms. The van der Waals surface area contributed by atoms with Gasteiger partial charge in [0.05, 0.1) is 17.2 Å². The number of nitrogens with zero attached hydrogens (tertiary/aromatic N) is 3. The van der Waals surface area contributed by atoms with E-state index in [2.05, 4.69) is 11.0 Å². The van der Waals surface area contributed by atoms with E-state index in [1.54, 1.807) is 36.1 Å². The fraction of sp³-hybridized carbons (Fsp3) is 0.350. The number of aryl methyl sites for hydroxylation is 2. The first kappa shape index (κ1) is 17.7. The molecule has 0 radical (unpaired) electrons. The number of Topliss-reactive ketones (excluding diaryl/α,β-unsaturated/α-hetero) is 1. The van der Waals surface area contributed by atoms with Gasteiger partial charge in [0.25, 0.3) is 5.91 Å². The number of hydrogen-bond acceptors (Lipinski definition) is 5. The van der Waals surface area contributed by atoms with Crippen LogP contribution in [0.5, 0.6) is 0 Å². The molecule has 6 heteroatoms. The van der Waals surface area contributed by atoms with Crippen molar-refractivity contribution in [1.29, 1.82) is 5.26 Å². The molecule has 1 aliphatic heterocycles. The van der Waals surface area contributed by atoms with Crippen LogP contribution in [0.1, 0.15) is 44.7 Å². The Balaban J connectivity index is 1.77. The average molecular weight is 351 g/mol. The Labute approximate surface area is 152 Å². The SMILES string of the molecule is CC(=O)c1ccc(C#N)cc1N1CCN(C(=O)c2cc(C)oc2C)CC1. The van der Waals surface area contributed by atoms with Gasteiger partial charge in [-0.25, -0.2) is 0 Å². The summed E-state index contributed by atoms with van der Waals surface area (Å²) in [5.41, 5.74) is 2.49. The van der Waals surface area contributed by atoms with Gasteiger partial charge < -0.3 is 14.2 Å². The maximum atomic E-state index is 12.7. The number of amides is 1. The third-order valence-corrected chi connectivity index (χ3v) is 4.69. The number of benzene rings is 1. The van der Waals surface area contributed by atoms with Gasteiger partial charge in [-0.15, -0.1) is 0 Å². The molecule has 0 aliphatic carbocycles. The molecule has 26 heavy (non-hydrogen) atoms. The predicted molar refractivity (Wildman–Crippen MR) is 97.5 cm³/mol. The zero-order chi connectivity index (χ0) is 18.8. The molecule has 1 aromatic carbocycles. The van der Waals surface area contributed by atoms with Crippen molar-refractivity contribution in [2.75, 3.05) is 31.1 Å². The van der Waals surface area contributed by atoms with Gasteiger partial charge in [0.1, 0.15) is 11.5 Å². The molecule has 1 aliphatic rings. The van der Waals surface area contributed by atoms with Crippen LogP contribution in [0.4, 0.5) is 5.69 Å². The van der Waals surface area contributed by atoms with E-state index in [1.165, 1.54) is 6.92 Å². The van der Waals surface area contributed by atoms with Crippen LogP contribution in [0.2, 0.25) is 0 Å². The fourth-order valence-electron chi connectivity index (χ4n) is 3.32. The number of nitriles is 1. The zero-order valence-corrected chi connectivity index (χ0v) is 15.2. The Bertz CT molecular complexity index is 900. The number of rotatable bonds is 3. The standard InChI is InChI=1S/C20H21N3O3/c1-13-10-18(15(3)26-13)20(25)23-8-6-22(7-9-23)19-11-16(12-21)4-5-17(19)14(2)24/h4-5,10-11H,6-9H2,1-3H3. The summed E-state index contributed by atoms with van der Waals surface area (Å²) in [6.07, 6.45) is 0. The van der Waals surface area contributed by atoms with Crippen molar-refractivity contribution in [3.8, 4) is 6.07 Å². The zero-order valence-electron chi connectivity index (χ0n) is 15.2. The fourth-order valence-corrected chi connectivity index (χ4v) is 3.32. The predicted octanol–water partition coefficient (Wildman–Crippen LogP) is 2.93. The maximum absolute atomic E-state index is 12.7. The summed E-state index contributed by atoms with van der Waals surface area (Å²) < 4.78 is 5.46. The molecule has 0 atom stereocenters. The second-order valence-corrected chi connectivity index (χ2v) is 6.51. The van der Waals surface area contributed by atoms with Crippen LogP contribution in [-0.4, -0.2) is 42.8 Å². The molecule has 134 valence electrons. The lowest BCUT2D eigenvalue weighted by Crippen LogP contribution is -2.49. The summed E-state index contributed by atoms with van der Waals surface area (Å²) in [5.74, 6) is 1.29. The third-order valence-electron chi connectivity index (χ3n) is 4.69. The van der Waals surface area contributed by atoms with Gasteiger partial charge in [-0.3, -0.25) is 9.59 Å². The van der Waals surface area contributed by atoms with E-state index in [0.717, 1.165) is 11.4 Å². The topological polar surface area (TPSA) is 77.5 Å². The van der Waals surface area contributed by atoms with Crippen LogP contribution in [0.15, 0.2) is 28.7 Å². The molecule has 0 saturated carbocycles. The average Bonchev–Trinajstić information content (AvgIpc) is 2.98. The van der Waals surface area contributed by atoms with Gasteiger partial charge in [0, 0.05) is 37.4 Å². The highest BCUT2D eigenvalue weighted by atomic mass is 16.3. The monoisotopic (exact) mass is 351 g/mol. The molecule has 1 saturated heterocycles. The van der Waals surface area contributed by atoms with Crippen LogP contribution in [0.3, 0.4) is 0 Å². The molecular formula is C20H21N3O3. The van der Waals surface area contributed by atoms with Gasteiger partial charge >= 0.3 is 0 Å². The summed E-state index contributed by atoms with van der Waals surface area (Å²) in [6, 6.07) is 8.99. The molecule has 0 bridgehead atoms. The molecule has 1 aromatic heterocycles. The lowest BCUT2D eigenvalue weighted by molar-refractivity contribution is 0.0744. The van der Waals surface area contributed by atoms with E-state index >= 15 is 0 Å². The second kappa shape index (κ2) is 7.04. The highest BCUT2D eigenvalue weighted by Gasteiger charge is 2.26. The van der Waals surface area contributed by atoms with Crippen LogP contribution in [0, 0.1) is 25.2 Å². The molecule has 3 rings (SSSR count). The minimum Gasteiger partial charge on any atom is -0.466 e. The van der Waals surface area contributed by atoms with E-state index in [-0.39, 0.29) is 11.7 Å². The van der Waals surface area contributed by atoms with Crippen LogP contribution in [0.25, 0.3) is 0 Å². The van der Waals surface area contributed by atoms with Gasteiger partial charge in [-0.1, -0.05) is 0 Å². The lowest BCUT2D eigenvalue weighted by atomic mass is 10.0. The minimum atomic E-state index is -0.0347. The molecular weight excluding hydrogens is 330 g/mol. The van der Waals surface area contributed by atoms with Crippen molar-refractivity contribution in [3.63, 3.8) is 0 Å². The minimum absolute atomic E-state index is 0.0310. The Morgan fingerprint density at radius 3 is 2.31 bits per heavy atom. The number of hydrogen-bond donors (Lipinski definition) is 0. The van der Waals surface area contributed by atoms with Crippen molar-refractivity contribution >= 4 is 17.4 Å². The van der Waals surface area contributed by atoms with Gasteiger partial charge in [0.2, 0.25) is 0 Å². The van der Waals surface area contributed by atoms with E-state index in [0.29, 0.717) is 48.6 Å². The maximum Gasteiger partial charge on any atom is 0.257 e. The van der Waals surface area contributed by atoms with Crippen molar-refractivity contribution in [2.45, 2.75) is 20.8 Å². The summed E-state index contributed by atoms with van der Waals surface area (Å²) >= 11 is 0. The van der Waals surface area contributed by atoms with E-state index < -0.39 is 0 Å². The normalized spacial score (nSPS) is 14.2. The Kier molecular flexibility index (Phi) is 4.81. The summed E-state index contributed by atoms with van der Waals surface area (Å²) in [5, 5.41) is 9.14. The van der Waals surface area contributed by atoms with Gasteiger partial charge in [-0.2, -0.15) is 5.26 Å². The first-order valence-corrected chi connectivity index (χ1v) is 8.57. The number of carbonyl (C=O) groups is 2. The van der Waals surface area contributed by atoms with Crippen molar-refractivity contribution in [1.82, 2.24) is 4.90 Å². The molecule has 2 heterocycles. The van der Waals surface area contributed by atoms with Crippen molar-refractivity contribution in [2.24, 2.45) is 0 Å². The van der Waals surface area contributed by atoms with Crippen LogP contribution >= 0.6 is 0 Å².